The van der Waals surface area contributed by atoms with E-state index in [0.717, 1.165) is 23.7 Å². The van der Waals surface area contributed by atoms with E-state index >= 15 is 0 Å². The molecule has 0 spiro atoms. The molecule has 1 aromatic carbocycles. The van der Waals surface area contributed by atoms with Gasteiger partial charge in [-0.1, -0.05) is 25.1 Å². The summed E-state index contributed by atoms with van der Waals surface area (Å²) in [5.74, 6) is 2.33. The van der Waals surface area contributed by atoms with Crippen molar-refractivity contribution in [2.45, 2.75) is 40.3 Å². The molecule has 0 aliphatic rings. The van der Waals surface area contributed by atoms with E-state index in [2.05, 4.69) is 45.1 Å². The molecule has 0 aliphatic heterocycles. The van der Waals surface area contributed by atoms with Gasteiger partial charge in [0.25, 0.3) is 0 Å². The van der Waals surface area contributed by atoms with E-state index in [9.17, 15) is 0 Å². The van der Waals surface area contributed by atoms with Crippen LogP contribution in [0.15, 0.2) is 30.3 Å². The Morgan fingerprint density at radius 3 is 2.62 bits per heavy atom. The molecule has 4 heteroatoms. The van der Waals surface area contributed by atoms with Crippen LogP contribution >= 0.6 is 11.8 Å². The van der Waals surface area contributed by atoms with Gasteiger partial charge in [0, 0.05) is 29.6 Å². The summed E-state index contributed by atoms with van der Waals surface area (Å²) in [5.41, 5.74) is 4.77. The van der Waals surface area contributed by atoms with Crippen LogP contribution < -0.4 is 5.32 Å². The van der Waals surface area contributed by atoms with Crippen LogP contribution in [-0.4, -0.2) is 27.3 Å². The first-order valence-electron chi connectivity index (χ1n) is 7.55. The lowest BCUT2D eigenvalue weighted by molar-refractivity contribution is 0.593. The zero-order chi connectivity index (χ0) is 15.2. The van der Waals surface area contributed by atoms with Gasteiger partial charge in [0.2, 0.25) is 0 Å². The molecule has 1 N–H and O–H groups in total. The maximum atomic E-state index is 4.69. The Morgan fingerprint density at radius 1 is 1.24 bits per heavy atom. The van der Waals surface area contributed by atoms with Crippen molar-refractivity contribution in [1.82, 2.24) is 15.1 Å². The topological polar surface area (TPSA) is 29.9 Å². The third-order valence-corrected chi connectivity index (χ3v) is 4.79. The molecule has 0 fully saturated rings. The summed E-state index contributed by atoms with van der Waals surface area (Å²) in [7, 11) is 0. The Kier molecular flexibility index (Phi) is 5.88. The van der Waals surface area contributed by atoms with Crippen LogP contribution in [0.25, 0.3) is 5.69 Å². The lowest BCUT2D eigenvalue weighted by Gasteiger charge is -2.13. The van der Waals surface area contributed by atoms with Crippen molar-refractivity contribution in [3.8, 4) is 5.69 Å². The SMILES string of the molecule is CCSCC(C)NCc1c(C)nn(-c2ccccc2)c1C. The molecule has 3 nitrogen and oxygen atoms in total. The fourth-order valence-corrected chi connectivity index (χ4v) is 3.09. The second-order valence-electron chi connectivity index (χ2n) is 5.34. The van der Waals surface area contributed by atoms with Gasteiger partial charge < -0.3 is 5.32 Å². The number of nitrogens with one attached hydrogen (secondary N) is 1. The highest BCUT2D eigenvalue weighted by molar-refractivity contribution is 7.99. The first kappa shape index (κ1) is 16.1. The van der Waals surface area contributed by atoms with E-state index in [4.69, 9.17) is 5.10 Å². The number of aryl methyl sites for hydroxylation is 1. The van der Waals surface area contributed by atoms with Gasteiger partial charge in [0.15, 0.2) is 0 Å². The quantitative estimate of drug-likeness (QED) is 0.845. The Hall–Kier alpha value is -1.26. The zero-order valence-corrected chi connectivity index (χ0v) is 14.2. The van der Waals surface area contributed by atoms with Crippen molar-refractivity contribution < 1.29 is 0 Å². The summed E-state index contributed by atoms with van der Waals surface area (Å²) >= 11 is 1.98. The predicted octanol–water partition coefficient (Wildman–Crippen LogP) is 3.72. The smallest absolute Gasteiger partial charge is 0.0648 e. The van der Waals surface area contributed by atoms with Gasteiger partial charge in [-0.25, -0.2) is 4.68 Å². The zero-order valence-electron chi connectivity index (χ0n) is 13.4. The van der Waals surface area contributed by atoms with Gasteiger partial charge in [-0.3, -0.25) is 0 Å². The largest absolute Gasteiger partial charge is 0.309 e. The van der Waals surface area contributed by atoms with Gasteiger partial charge in [0.1, 0.15) is 0 Å². The maximum Gasteiger partial charge on any atom is 0.0648 e. The molecule has 1 heterocycles. The van der Waals surface area contributed by atoms with Gasteiger partial charge >= 0.3 is 0 Å². The second kappa shape index (κ2) is 7.66. The number of hydrogen-bond acceptors (Lipinski definition) is 3. The second-order valence-corrected chi connectivity index (χ2v) is 6.66. The van der Waals surface area contributed by atoms with Crippen molar-refractivity contribution in [3.05, 3.63) is 47.3 Å². The first-order chi connectivity index (χ1) is 10.1. The van der Waals surface area contributed by atoms with Gasteiger partial charge in [-0.2, -0.15) is 16.9 Å². The molecule has 21 heavy (non-hydrogen) atoms. The average molecular weight is 303 g/mol. The van der Waals surface area contributed by atoms with Crippen LogP contribution in [0.2, 0.25) is 0 Å². The van der Waals surface area contributed by atoms with Gasteiger partial charge in [-0.05, 0) is 38.7 Å². The summed E-state index contributed by atoms with van der Waals surface area (Å²) in [6, 6.07) is 10.8. The summed E-state index contributed by atoms with van der Waals surface area (Å²) in [6.45, 7) is 9.57. The first-order valence-corrected chi connectivity index (χ1v) is 8.70. The Morgan fingerprint density at radius 2 is 1.95 bits per heavy atom. The standard InChI is InChI=1S/C17H25N3S/c1-5-21-12-13(2)18-11-17-14(3)19-20(15(17)4)16-9-7-6-8-10-16/h6-10,13,18H,5,11-12H2,1-4H3. The van der Waals surface area contributed by atoms with Crippen LogP contribution in [0.4, 0.5) is 0 Å². The fourth-order valence-electron chi connectivity index (χ4n) is 2.38. The molecule has 0 amide bonds. The molecule has 0 bridgehead atoms. The van der Waals surface area contributed by atoms with E-state index in [1.807, 2.05) is 34.6 Å². The number of nitrogens with zero attached hydrogens (tertiary/aromatic N) is 2. The predicted molar refractivity (Wildman–Crippen MR) is 92.3 cm³/mol. The number of thioether (sulfide) groups is 1. The molecule has 0 saturated heterocycles. The van der Waals surface area contributed by atoms with Crippen molar-refractivity contribution in [2.24, 2.45) is 0 Å². The molecular weight excluding hydrogens is 278 g/mol. The molecule has 0 saturated carbocycles. The molecule has 0 radical (unpaired) electrons. The molecule has 2 aromatic rings. The molecule has 2 rings (SSSR count). The number of aromatic nitrogens is 2. The molecule has 114 valence electrons. The van der Waals surface area contributed by atoms with E-state index < -0.39 is 0 Å². The monoisotopic (exact) mass is 303 g/mol. The number of benzene rings is 1. The minimum Gasteiger partial charge on any atom is -0.309 e. The molecule has 1 atom stereocenters. The Bertz CT molecular complexity index is 563. The number of rotatable bonds is 7. The lowest BCUT2D eigenvalue weighted by atomic mass is 10.2. The minimum atomic E-state index is 0.522. The maximum absolute atomic E-state index is 4.69. The Labute approximate surface area is 132 Å². The average Bonchev–Trinajstić information content (AvgIpc) is 2.79. The third kappa shape index (κ3) is 4.11. The van der Waals surface area contributed by atoms with Crippen LogP contribution in [0.3, 0.4) is 0 Å². The molecular formula is C17H25N3S. The van der Waals surface area contributed by atoms with Crippen LogP contribution in [0.1, 0.15) is 30.8 Å². The van der Waals surface area contributed by atoms with Gasteiger partial charge in [0.05, 0.1) is 11.4 Å². The highest BCUT2D eigenvalue weighted by Crippen LogP contribution is 2.18. The van der Waals surface area contributed by atoms with E-state index in [0.29, 0.717) is 6.04 Å². The van der Waals surface area contributed by atoms with E-state index in [1.54, 1.807) is 0 Å². The van der Waals surface area contributed by atoms with E-state index in [1.165, 1.54) is 17.0 Å². The fraction of sp³-hybridized carbons (Fsp3) is 0.471. The van der Waals surface area contributed by atoms with Crippen molar-refractivity contribution in [2.75, 3.05) is 11.5 Å². The molecule has 1 unspecified atom stereocenters. The Balaban J connectivity index is 2.09. The highest BCUT2D eigenvalue weighted by Gasteiger charge is 2.13. The van der Waals surface area contributed by atoms with Crippen LogP contribution in [0.5, 0.6) is 0 Å². The van der Waals surface area contributed by atoms with Crippen LogP contribution in [0, 0.1) is 13.8 Å². The normalized spacial score (nSPS) is 12.6. The molecule has 0 aliphatic carbocycles. The summed E-state index contributed by atoms with van der Waals surface area (Å²) in [6.07, 6.45) is 0. The van der Waals surface area contributed by atoms with Crippen LogP contribution in [-0.2, 0) is 6.54 Å². The number of hydrogen-bond donors (Lipinski definition) is 1. The van der Waals surface area contributed by atoms with Crippen molar-refractivity contribution in [1.29, 1.82) is 0 Å². The lowest BCUT2D eigenvalue weighted by Crippen LogP contribution is -2.28. The summed E-state index contributed by atoms with van der Waals surface area (Å²) < 4.78 is 2.04. The van der Waals surface area contributed by atoms with Gasteiger partial charge in [-0.15, -0.1) is 0 Å². The summed E-state index contributed by atoms with van der Waals surface area (Å²) in [5, 5.41) is 8.30. The summed E-state index contributed by atoms with van der Waals surface area (Å²) in [4.78, 5) is 0. The van der Waals surface area contributed by atoms with Crippen molar-refractivity contribution in [3.63, 3.8) is 0 Å². The highest BCUT2D eigenvalue weighted by atomic mass is 32.2. The van der Waals surface area contributed by atoms with Crippen molar-refractivity contribution >= 4 is 11.8 Å². The molecule has 1 aromatic heterocycles. The van der Waals surface area contributed by atoms with E-state index in [-0.39, 0.29) is 0 Å². The number of para-hydroxylation sites is 1. The minimum absolute atomic E-state index is 0.522. The third-order valence-electron chi connectivity index (χ3n) is 3.64.